The summed E-state index contributed by atoms with van der Waals surface area (Å²) in [7, 11) is 1.71. The molecule has 0 atom stereocenters. The Morgan fingerprint density at radius 2 is 1.65 bits per heavy atom. The molecular weight excluding hydrogens is 290 g/mol. The van der Waals surface area contributed by atoms with Crippen molar-refractivity contribution >= 4 is 11.9 Å². The highest BCUT2D eigenvalue weighted by molar-refractivity contribution is 5.95. The Balaban J connectivity index is 2.09. The summed E-state index contributed by atoms with van der Waals surface area (Å²) in [6.45, 7) is 0.435. The zero-order chi connectivity index (χ0) is 16.7. The number of carboxylic acid groups (broad SMARTS) is 1. The summed E-state index contributed by atoms with van der Waals surface area (Å²) in [5.74, 6) is -0.905. The number of carbonyl (C=O) groups is 2. The highest BCUT2D eigenvalue weighted by Crippen LogP contribution is 2.16. The van der Waals surface area contributed by atoms with Gasteiger partial charge in [-0.15, -0.1) is 0 Å². The first kappa shape index (κ1) is 16.7. The molecule has 0 aliphatic heterocycles. The maximum absolute atomic E-state index is 12.6. The zero-order valence-electron chi connectivity index (χ0n) is 13.2. The second-order valence-corrected chi connectivity index (χ2v) is 5.54. The SMILES string of the molecule is CN(CCCC(=O)O)C(=O)c1ccccc1Cc1ccccc1. The van der Waals surface area contributed by atoms with E-state index < -0.39 is 5.97 Å². The second kappa shape index (κ2) is 8.13. The molecule has 0 saturated carbocycles. The molecule has 0 aliphatic carbocycles. The normalized spacial score (nSPS) is 10.3. The van der Waals surface area contributed by atoms with Crippen LogP contribution in [0.15, 0.2) is 54.6 Å². The topological polar surface area (TPSA) is 57.6 Å². The van der Waals surface area contributed by atoms with Gasteiger partial charge in [0.15, 0.2) is 0 Å². The van der Waals surface area contributed by atoms with Crippen molar-refractivity contribution in [1.82, 2.24) is 4.90 Å². The largest absolute Gasteiger partial charge is 0.481 e. The van der Waals surface area contributed by atoms with E-state index in [0.717, 1.165) is 11.1 Å². The minimum Gasteiger partial charge on any atom is -0.481 e. The van der Waals surface area contributed by atoms with Gasteiger partial charge in [0, 0.05) is 25.6 Å². The molecule has 0 radical (unpaired) electrons. The van der Waals surface area contributed by atoms with E-state index in [9.17, 15) is 9.59 Å². The number of nitrogens with zero attached hydrogens (tertiary/aromatic N) is 1. The lowest BCUT2D eigenvalue weighted by Crippen LogP contribution is -2.29. The van der Waals surface area contributed by atoms with Crippen molar-refractivity contribution in [2.75, 3.05) is 13.6 Å². The maximum Gasteiger partial charge on any atom is 0.303 e. The third-order valence-corrected chi connectivity index (χ3v) is 3.72. The van der Waals surface area contributed by atoms with Crippen LogP contribution in [0.2, 0.25) is 0 Å². The van der Waals surface area contributed by atoms with Gasteiger partial charge >= 0.3 is 5.97 Å². The van der Waals surface area contributed by atoms with Gasteiger partial charge < -0.3 is 10.0 Å². The quantitative estimate of drug-likeness (QED) is 0.854. The maximum atomic E-state index is 12.6. The van der Waals surface area contributed by atoms with Crippen LogP contribution >= 0.6 is 0 Å². The molecule has 0 spiro atoms. The first-order valence-electron chi connectivity index (χ1n) is 7.67. The summed E-state index contributed by atoms with van der Waals surface area (Å²) >= 11 is 0. The smallest absolute Gasteiger partial charge is 0.303 e. The van der Waals surface area contributed by atoms with Gasteiger partial charge in [0.25, 0.3) is 5.91 Å². The third kappa shape index (κ3) is 4.95. The summed E-state index contributed by atoms with van der Waals surface area (Å²) in [6, 6.07) is 17.6. The molecule has 1 amide bonds. The van der Waals surface area contributed by atoms with Crippen molar-refractivity contribution in [3.8, 4) is 0 Å². The molecule has 0 saturated heterocycles. The fourth-order valence-corrected chi connectivity index (χ4v) is 2.47. The fourth-order valence-electron chi connectivity index (χ4n) is 2.47. The minimum absolute atomic E-state index is 0.0677. The van der Waals surface area contributed by atoms with E-state index in [4.69, 9.17) is 5.11 Å². The van der Waals surface area contributed by atoms with E-state index in [2.05, 4.69) is 0 Å². The Kier molecular flexibility index (Phi) is 5.92. The van der Waals surface area contributed by atoms with Crippen LogP contribution in [-0.2, 0) is 11.2 Å². The van der Waals surface area contributed by atoms with Crippen LogP contribution in [0.3, 0.4) is 0 Å². The Morgan fingerprint density at radius 3 is 2.35 bits per heavy atom. The number of carbonyl (C=O) groups excluding carboxylic acids is 1. The van der Waals surface area contributed by atoms with Crippen LogP contribution in [0.25, 0.3) is 0 Å². The third-order valence-electron chi connectivity index (χ3n) is 3.72. The van der Waals surface area contributed by atoms with Gasteiger partial charge in [0.2, 0.25) is 0 Å². The average molecular weight is 311 g/mol. The molecule has 0 fully saturated rings. The molecule has 0 bridgehead atoms. The lowest BCUT2D eigenvalue weighted by Gasteiger charge is -2.19. The van der Waals surface area contributed by atoms with Crippen LogP contribution < -0.4 is 0 Å². The van der Waals surface area contributed by atoms with Gasteiger partial charge in [-0.3, -0.25) is 9.59 Å². The molecule has 120 valence electrons. The molecule has 2 aromatic rings. The number of hydrogen-bond donors (Lipinski definition) is 1. The van der Waals surface area contributed by atoms with Crippen LogP contribution in [-0.4, -0.2) is 35.5 Å². The molecule has 0 aliphatic rings. The average Bonchev–Trinajstić information content (AvgIpc) is 2.55. The van der Waals surface area contributed by atoms with Crippen molar-refractivity contribution in [2.45, 2.75) is 19.3 Å². The molecule has 2 aromatic carbocycles. The van der Waals surface area contributed by atoms with E-state index in [1.165, 1.54) is 0 Å². The standard InChI is InChI=1S/C19H21NO3/c1-20(13-7-12-18(21)22)19(23)17-11-6-5-10-16(17)14-15-8-3-2-4-9-15/h2-6,8-11H,7,12-14H2,1H3,(H,21,22). The monoisotopic (exact) mass is 311 g/mol. The number of rotatable bonds is 7. The van der Waals surface area contributed by atoms with Gasteiger partial charge in [-0.05, 0) is 30.0 Å². The summed E-state index contributed by atoms with van der Waals surface area (Å²) in [5, 5.41) is 8.69. The highest BCUT2D eigenvalue weighted by atomic mass is 16.4. The second-order valence-electron chi connectivity index (χ2n) is 5.54. The van der Waals surface area contributed by atoms with E-state index >= 15 is 0 Å². The molecule has 0 heterocycles. The molecule has 23 heavy (non-hydrogen) atoms. The lowest BCUT2D eigenvalue weighted by molar-refractivity contribution is -0.137. The minimum atomic E-state index is -0.838. The summed E-state index contributed by atoms with van der Waals surface area (Å²) < 4.78 is 0. The Bertz CT molecular complexity index is 667. The molecule has 0 aromatic heterocycles. The molecule has 1 N–H and O–H groups in total. The van der Waals surface area contributed by atoms with Crippen LogP contribution in [0, 0.1) is 0 Å². The van der Waals surface area contributed by atoms with Crippen LogP contribution in [0.1, 0.15) is 34.3 Å². The van der Waals surface area contributed by atoms with Crippen LogP contribution in [0.4, 0.5) is 0 Å². The first-order valence-corrected chi connectivity index (χ1v) is 7.67. The Labute approximate surface area is 136 Å². The molecule has 0 unspecified atom stereocenters. The van der Waals surface area contributed by atoms with Gasteiger partial charge in [-0.1, -0.05) is 48.5 Å². The Morgan fingerprint density at radius 1 is 1.00 bits per heavy atom. The lowest BCUT2D eigenvalue weighted by atomic mass is 9.99. The number of amides is 1. The number of aliphatic carboxylic acids is 1. The zero-order valence-corrected chi connectivity index (χ0v) is 13.2. The molecule has 4 heteroatoms. The molecule has 4 nitrogen and oxygen atoms in total. The first-order chi connectivity index (χ1) is 11.1. The number of carboxylic acids is 1. The predicted octanol–water partition coefficient (Wildman–Crippen LogP) is 3.21. The summed E-state index contributed by atoms with van der Waals surface area (Å²) in [5.41, 5.74) is 2.81. The predicted molar refractivity (Wildman–Crippen MR) is 89.5 cm³/mol. The summed E-state index contributed by atoms with van der Waals surface area (Å²) in [6.07, 6.45) is 1.23. The van der Waals surface area contributed by atoms with Gasteiger partial charge in [0.05, 0.1) is 0 Å². The van der Waals surface area contributed by atoms with Gasteiger partial charge in [0.1, 0.15) is 0 Å². The fraction of sp³-hybridized carbons (Fsp3) is 0.263. The Hall–Kier alpha value is -2.62. The van der Waals surface area contributed by atoms with Gasteiger partial charge in [-0.2, -0.15) is 0 Å². The van der Waals surface area contributed by atoms with Gasteiger partial charge in [-0.25, -0.2) is 0 Å². The van der Waals surface area contributed by atoms with E-state index in [1.54, 1.807) is 11.9 Å². The van der Waals surface area contributed by atoms with Crippen molar-refractivity contribution in [3.63, 3.8) is 0 Å². The molecular formula is C19H21NO3. The summed E-state index contributed by atoms with van der Waals surface area (Å²) in [4.78, 5) is 24.8. The van der Waals surface area contributed by atoms with E-state index in [0.29, 0.717) is 24.9 Å². The number of benzene rings is 2. The van der Waals surface area contributed by atoms with Crippen molar-refractivity contribution in [1.29, 1.82) is 0 Å². The van der Waals surface area contributed by atoms with E-state index in [-0.39, 0.29) is 12.3 Å². The van der Waals surface area contributed by atoms with Crippen molar-refractivity contribution in [3.05, 3.63) is 71.3 Å². The van der Waals surface area contributed by atoms with E-state index in [1.807, 2.05) is 54.6 Å². The number of hydrogen-bond acceptors (Lipinski definition) is 2. The molecule has 2 rings (SSSR count). The van der Waals surface area contributed by atoms with Crippen LogP contribution in [0.5, 0.6) is 0 Å². The van der Waals surface area contributed by atoms with Crippen molar-refractivity contribution in [2.24, 2.45) is 0 Å². The van der Waals surface area contributed by atoms with Crippen molar-refractivity contribution < 1.29 is 14.7 Å². The highest BCUT2D eigenvalue weighted by Gasteiger charge is 2.15.